The summed E-state index contributed by atoms with van der Waals surface area (Å²) in [4.78, 5) is 15.4. The number of rotatable bonds is 3. The van der Waals surface area contributed by atoms with Gasteiger partial charge in [0, 0.05) is 54.5 Å². The third kappa shape index (κ3) is 4.88. The maximum Gasteiger partial charge on any atom is 0.144 e. The summed E-state index contributed by atoms with van der Waals surface area (Å²) in [5.41, 5.74) is 11.9. The molecule has 13 rings (SSSR count). The lowest BCUT2D eigenvalue weighted by atomic mass is 9.90. The van der Waals surface area contributed by atoms with Gasteiger partial charge in [0.1, 0.15) is 11.2 Å². The molecule has 0 aliphatic heterocycles. The van der Waals surface area contributed by atoms with Crippen molar-refractivity contribution in [2.45, 2.75) is 6.92 Å². The Kier molecular flexibility index (Phi) is 6.90. The Morgan fingerprint density at radius 2 is 0.950 bits per heavy atom. The van der Waals surface area contributed by atoms with Gasteiger partial charge in [-0.25, -0.2) is 9.97 Å². The number of hydrogen-bond acceptors (Lipinski definition) is 4. The zero-order valence-electron chi connectivity index (χ0n) is 32.6. The molecule has 0 spiro atoms. The van der Waals surface area contributed by atoms with Crippen molar-refractivity contribution >= 4 is 97.7 Å². The average molecular weight is 764 g/mol. The molecule has 0 unspecified atom stereocenters. The van der Waals surface area contributed by atoms with Gasteiger partial charge in [-0.1, -0.05) is 133 Å². The van der Waals surface area contributed by atoms with Gasteiger partial charge >= 0.3 is 0 Å². The van der Waals surface area contributed by atoms with Crippen molar-refractivity contribution in [1.82, 2.24) is 15.0 Å². The van der Waals surface area contributed by atoms with Crippen LogP contribution in [0.15, 0.2) is 186 Å². The first-order valence-electron chi connectivity index (χ1n) is 20.4. The second-order valence-corrected chi connectivity index (χ2v) is 15.9. The number of nitrogens with zero attached hydrogens (tertiary/aromatic N) is 3. The van der Waals surface area contributed by atoms with E-state index >= 15 is 0 Å². The molecule has 4 nitrogen and oxygen atoms in total. The molecule has 4 heteroatoms. The number of furan rings is 1. The van der Waals surface area contributed by atoms with Gasteiger partial charge in [0.15, 0.2) is 0 Å². The summed E-state index contributed by atoms with van der Waals surface area (Å²) in [6, 6.07) is 65.1. The Morgan fingerprint density at radius 3 is 1.77 bits per heavy atom. The minimum absolute atomic E-state index is 0.894. The van der Waals surface area contributed by atoms with Crippen molar-refractivity contribution in [2.24, 2.45) is 0 Å². The zero-order valence-corrected chi connectivity index (χ0v) is 32.6. The SMILES string of the molecule is Cc1ccc2ccc3ccc(-c4ccc5c6ccc(-c7cccc(-c8nc9ccccc9c9c8ccc8c%10ccccc%10oc89)c7)cc6c6ccccc6c5c4)nc3c2n1. The third-order valence-corrected chi connectivity index (χ3v) is 12.5. The minimum Gasteiger partial charge on any atom is -0.455 e. The molecule has 0 fully saturated rings. The lowest BCUT2D eigenvalue weighted by Crippen LogP contribution is -1.91. The number of aromatic nitrogens is 3. The van der Waals surface area contributed by atoms with Crippen LogP contribution in [0.2, 0.25) is 0 Å². The van der Waals surface area contributed by atoms with E-state index in [2.05, 4.69) is 170 Å². The molecular weight excluding hydrogens is 731 g/mol. The highest BCUT2D eigenvalue weighted by Gasteiger charge is 2.18. The third-order valence-electron chi connectivity index (χ3n) is 12.5. The molecule has 0 N–H and O–H groups in total. The lowest BCUT2D eigenvalue weighted by molar-refractivity contribution is 0.673. The van der Waals surface area contributed by atoms with E-state index in [-0.39, 0.29) is 0 Å². The predicted molar refractivity (Wildman–Crippen MR) is 251 cm³/mol. The first-order valence-corrected chi connectivity index (χ1v) is 20.4. The van der Waals surface area contributed by atoms with E-state index in [0.29, 0.717) is 0 Å². The maximum atomic E-state index is 6.59. The normalized spacial score (nSPS) is 12.1. The number of aryl methyl sites for hydroxylation is 1. The molecule has 9 aromatic carbocycles. The number of hydrogen-bond donors (Lipinski definition) is 0. The van der Waals surface area contributed by atoms with Crippen LogP contribution < -0.4 is 0 Å². The van der Waals surface area contributed by atoms with Gasteiger partial charge < -0.3 is 4.42 Å². The Bertz CT molecular complexity index is 3950. The van der Waals surface area contributed by atoms with Crippen LogP contribution >= 0.6 is 0 Å². The Hall–Kier alpha value is -7.95. The summed E-state index contributed by atoms with van der Waals surface area (Å²) in [6.45, 7) is 2.03. The summed E-state index contributed by atoms with van der Waals surface area (Å²) in [5.74, 6) is 0. The maximum absolute atomic E-state index is 6.59. The molecule has 0 radical (unpaired) electrons. The minimum atomic E-state index is 0.894. The van der Waals surface area contributed by atoms with Crippen molar-refractivity contribution < 1.29 is 4.42 Å². The summed E-state index contributed by atoms with van der Waals surface area (Å²) in [7, 11) is 0. The summed E-state index contributed by atoms with van der Waals surface area (Å²) < 4.78 is 6.59. The van der Waals surface area contributed by atoms with Crippen LogP contribution in [0, 0.1) is 6.92 Å². The fourth-order valence-electron chi connectivity index (χ4n) is 9.60. The Labute approximate surface area is 344 Å². The van der Waals surface area contributed by atoms with Crippen molar-refractivity contribution in [3.8, 4) is 33.6 Å². The van der Waals surface area contributed by atoms with Gasteiger partial charge in [0.25, 0.3) is 0 Å². The molecule has 60 heavy (non-hydrogen) atoms. The van der Waals surface area contributed by atoms with Gasteiger partial charge in [-0.2, -0.15) is 0 Å². The molecule has 0 bridgehead atoms. The highest BCUT2D eigenvalue weighted by atomic mass is 16.3. The Morgan fingerprint density at radius 1 is 0.367 bits per heavy atom. The molecule has 0 aliphatic carbocycles. The number of fused-ring (bicyclic) bond motifs is 16. The van der Waals surface area contributed by atoms with E-state index < -0.39 is 0 Å². The highest BCUT2D eigenvalue weighted by Crippen LogP contribution is 2.43. The number of para-hydroxylation sites is 2. The van der Waals surface area contributed by atoms with Crippen LogP contribution in [0.1, 0.15) is 5.69 Å². The largest absolute Gasteiger partial charge is 0.455 e. The molecule has 4 heterocycles. The molecule has 13 aromatic rings. The number of pyridine rings is 3. The van der Waals surface area contributed by atoms with Crippen molar-refractivity contribution in [3.05, 3.63) is 188 Å². The van der Waals surface area contributed by atoms with Gasteiger partial charge in [0.05, 0.1) is 27.9 Å². The van der Waals surface area contributed by atoms with Crippen molar-refractivity contribution in [1.29, 1.82) is 0 Å². The Balaban J connectivity index is 0.961. The van der Waals surface area contributed by atoms with Gasteiger partial charge in [-0.3, -0.25) is 4.98 Å². The van der Waals surface area contributed by atoms with Crippen LogP contribution in [0.5, 0.6) is 0 Å². The predicted octanol–water partition coefficient (Wildman–Crippen LogP) is 15.2. The summed E-state index contributed by atoms with van der Waals surface area (Å²) >= 11 is 0. The topological polar surface area (TPSA) is 51.8 Å². The molecular formula is C56H33N3O. The van der Waals surface area contributed by atoms with Gasteiger partial charge in [-0.15, -0.1) is 0 Å². The van der Waals surface area contributed by atoms with E-state index in [9.17, 15) is 0 Å². The van der Waals surface area contributed by atoms with Crippen LogP contribution in [0.4, 0.5) is 0 Å². The van der Waals surface area contributed by atoms with Crippen LogP contribution in [-0.4, -0.2) is 15.0 Å². The fourth-order valence-corrected chi connectivity index (χ4v) is 9.60. The smallest absolute Gasteiger partial charge is 0.144 e. The number of benzene rings is 9. The first-order chi connectivity index (χ1) is 29.6. The highest BCUT2D eigenvalue weighted by molar-refractivity contribution is 6.27. The quantitative estimate of drug-likeness (QED) is 0.168. The standard InChI is InChI=1S/C56H33N3O/c1-32-17-18-33-19-20-34-23-28-49(58-55(34)54(33)57-32)37-22-25-42-41-24-21-36(30-47(41)39-11-2-3-12-40(39)48(42)31-37)35-9-8-10-38(29-35)53-46-27-26-44-43-13-5-7-16-51(43)60-56(44)52(46)45-14-4-6-15-50(45)59-53/h2-31H,1H3. The summed E-state index contributed by atoms with van der Waals surface area (Å²) in [6.07, 6.45) is 0. The van der Waals surface area contributed by atoms with Crippen LogP contribution in [-0.2, 0) is 0 Å². The lowest BCUT2D eigenvalue weighted by Gasteiger charge is -2.14. The monoisotopic (exact) mass is 763 g/mol. The second-order valence-electron chi connectivity index (χ2n) is 15.9. The zero-order chi connectivity index (χ0) is 39.5. The van der Waals surface area contributed by atoms with Crippen molar-refractivity contribution in [3.63, 3.8) is 0 Å². The second kappa shape index (κ2) is 12.5. The van der Waals surface area contributed by atoms with E-state index in [1.807, 2.05) is 19.1 Å². The first kappa shape index (κ1) is 33.1. The van der Waals surface area contributed by atoms with E-state index in [0.717, 1.165) is 105 Å². The molecule has 0 atom stereocenters. The molecule has 4 aromatic heterocycles. The molecule has 0 aliphatic rings. The van der Waals surface area contributed by atoms with E-state index in [1.165, 1.54) is 32.3 Å². The molecule has 0 saturated heterocycles. The average Bonchev–Trinajstić information content (AvgIpc) is 3.70. The van der Waals surface area contributed by atoms with Crippen LogP contribution in [0.3, 0.4) is 0 Å². The fraction of sp³-hybridized carbons (Fsp3) is 0.0179. The van der Waals surface area contributed by atoms with E-state index in [1.54, 1.807) is 0 Å². The molecule has 0 saturated carbocycles. The molecule has 0 amide bonds. The molecule has 278 valence electrons. The summed E-state index contributed by atoms with van der Waals surface area (Å²) in [5, 5.41) is 15.0. The van der Waals surface area contributed by atoms with Gasteiger partial charge in [0.2, 0.25) is 0 Å². The van der Waals surface area contributed by atoms with E-state index in [4.69, 9.17) is 19.4 Å². The van der Waals surface area contributed by atoms with Gasteiger partial charge in [-0.05, 0) is 98.9 Å². The van der Waals surface area contributed by atoms with Crippen molar-refractivity contribution in [2.75, 3.05) is 0 Å². The van der Waals surface area contributed by atoms with Crippen LogP contribution in [0.25, 0.3) is 131 Å².